The van der Waals surface area contributed by atoms with Crippen LogP contribution in [0.2, 0.25) is 0 Å². The number of aromatic nitrogens is 2. The minimum Gasteiger partial charge on any atom is -0.295 e. The number of rotatable bonds is 1. The number of H-pyrrole nitrogens is 1. The quantitative estimate of drug-likeness (QED) is 0.786. The lowest BCUT2D eigenvalue weighted by atomic mass is 10.2. The summed E-state index contributed by atoms with van der Waals surface area (Å²) >= 11 is 0. The maximum absolute atomic E-state index is 13.0. The van der Waals surface area contributed by atoms with Crippen molar-refractivity contribution in [2.75, 3.05) is 0 Å². The fourth-order valence-corrected chi connectivity index (χ4v) is 1.67. The summed E-state index contributed by atoms with van der Waals surface area (Å²) in [7, 11) is 0. The molecular weight excluding hydrogens is 207 g/mol. The number of hydrogen-bond acceptors (Lipinski definition) is 1. The molecule has 0 spiro atoms. The van der Waals surface area contributed by atoms with Gasteiger partial charge in [-0.05, 0) is 44.5 Å². The molecule has 1 aromatic heterocycles. The van der Waals surface area contributed by atoms with Crippen molar-refractivity contribution in [3.8, 4) is 5.69 Å². The Balaban J connectivity index is 2.68. The van der Waals surface area contributed by atoms with Gasteiger partial charge < -0.3 is 0 Å². The van der Waals surface area contributed by atoms with Crippen LogP contribution in [0.1, 0.15) is 16.8 Å². The van der Waals surface area contributed by atoms with Crippen molar-refractivity contribution in [1.82, 2.24) is 9.78 Å². The first-order valence-corrected chi connectivity index (χ1v) is 5.05. The molecule has 2 aromatic rings. The van der Waals surface area contributed by atoms with Crippen molar-refractivity contribution in [2.24, 2.45) is 0 Å². The zero-order valence-electron chi connectivity index (χ0n) is 9.47. The zero-order valence-corrected chi connectivity index (χ0v) is 9.47. The fourth-order valence-electron chi connectivity index (χ4n) is 1.67. The minimum absolute atomic E-state index is 0.0905. The molecule has 2 rings (SSSR count). The van der Waals surface area contributed by atoms with Gasteiger partial charge in [0.05, 0.1) is 5.69 Å². The second kappa shape index (κ2) is 3.63. The number of aromatic amines is 1. The largest absolute Gasteiger partial charge is 0.295 e. The van der Waals surface area contributed by atoms with E-state index in [2.05, 4.69) is 5.10 Å². The summed E-state index contributed by atoms with van der Waals surface area (Å²) < 4.78 is 14.4. The molecule has 0 aliphatic carbocycles. The molecule has 16 heavy (non-hydrogen) atoms. The van der Waals surface area contributed by atoms with Gasteiger partial charge in [0.25, 0.3) is 5.56 Å². The Labute approximate surface area is 92.5 Å². The van der Waals surface area contributed by atoms with E-state index in [-0.39, 0.29) is 11.4 Å². The highest BCUT2D eigenvalue weighted by Crippen LogP contribution is 2.13. The number of hydrogen-bond donors (Lipinski definition) is 1. The summed E-state index contributed by atoms with van der Waals surface area (Å²) in [5.41, 5.74) is 2.83. The van der Waals surface area contributed by atoms with E-state index in [1.54, 1.807) is 19.9 Å². The smallest absolute Gasteiger partial charge is 0.274 e. The molecule has 0 aliphatic heterocycles. The van der Waals surface area contributed by atoms with Gasteiger partial charge in [-0.3, -0.25) is 9.89 Å². The Bertz CT molecular complexity index is 596. The maximum Gasteiger partial charge on any atom is 0.274 e. The summed E-state index contributed by atoms with van der Waals surface area (Å²) in [6.45, 7) is 5.38. The third-order valence-electron chi connectivity index (χ3n) is 2.77. The van der Waals surface area contributed by atoms with Crippen LogP contribution >= 0.6 is 0 Å². The Morgan fingerprint density at radius 2 is 1.94 bits per heavy atom. The van der Waals surface area contributed by atoms with Crippen molar-refractivity contribution in [3.05, 3.63) is 51.2 Å². The van der Waals surface area contributed by atoms with Crippen LogP contribution in [0.4, 0.5) is 4.39 Å². The van der Waals surface area contributed by atoms with E-state index in [1.807, 2.05) is 6.92 Å². The van der Waals surface area contributed by atoms with Gasteiger partial charge in [-0.15, -0.1) is 0 Å². The van der Waals surface area contributed by atoms with Crippen LogP contribution in [-0.4, -0.2) is 9.78 Å². The standard InChI is InChI=1S/C12H13FN2O/c1-7-6-10(13)4-5-11(7)15-12(16)8(2)9(3)14-15/h4-6,14H,1-3H3. The lowest BCUT2D eigenvalue weighted by Crippen LogP contribution is -2.16. The van der Waals surface area contributed by atoms with E-state index in [0.29, 0.717) is 11.3 Å². The van der Waals surface area contributed by atoms with E-state index in [9.17, 15) is 9.18 Å². The van der Waals surface area contributed by atoms with Crippen molar-refractivity contribution in [2.45, 2.75) is 20.8 Å². The van der Waals surface area contributed by atoms with Crippen molar-refractivity contribution in [1.29, 1.82) is 0 Å². The molecule has 0 fully saturated rings. The lowest BCUT2D eigenvalue weighted by molar-refractivity contribution is 0.625. The fraction of sp³-hybridized carbons (Fsp3) is 0.250. The van der Waals surface area contributed by atoms with Crippen molar-refractivity contribution >= 4 is 0 Å². The Hall–Kier alpha value is -1.84. The minimum atomic E-state index is -0.297. The molecule has 0 amide bonds. The van der Waals surface area contributed by atoms with E-state index in [0.717, 1.165) is 11.3 Å². The molecule has 84 valence electrons. The highest BCUT2D eigenvalue weighted by atomic mass is 19.1. The predicted octanol–water partition coefficient (Wildman–Crippen LogP) is 2.23. The molecule has 0 saturated carbocycles. The second-order valence-electron chi connectivity index (χ2n) is 3.93. The summed E-state index contributed by atoms with van der Waals surface area (Å²) in [6.07, 6.45) is 0. The normalized spacial score (nSPS) is 10.8. The molecule has 0 bridgehead atoms. The number of halogens is 1. The Morgan fingerprint density at radius 1 is 1.25 bits per heavy atom. The first kappa shape index (κ1) is 10.7. The van der Waals surface area contributed by atoms with Crippen LogP contribution in [0.15, 0.2) is 23.0 Å². The first-order chi connectivity index (χ1) is 7.50. The average molecular weight is 220 g/mol. The van der Waals surface area contributed by atoms with Crippen LogP contribution in [0.5, 0.6) is 0 Å². The van der Waals surface area contributed by atoms with Gasteiger partial charge in [0.1, 0.15) is 5.82 Å². The molecule has 1 N–H and O–H groups in total. The Morgan fingerprint density at radius 3 is 2.44 bits per heavy atom. The van der Waals surface area contributed by atoms with Crippen molar-refractivity contribution < 1.29 is 4.39 Å². The average Bonchev–Trinajstić information content (AvgIpc) is 2.46. The van der Waals surface area contributed by atoms with Gasteiger partial charge in [-0.25, -0.2) is 9.07 Å². The van der Waals surface area contributed by atoms with Gasteiger partial charge in [0.15, 0.2) is 0 Å². The monoisotopic (exact) mass is 220 g/mol. The lowest BCUT2D eigenvalue weighted by Gasteiger charge is -2.05. The highest BCUT2D eigenvalue weighted by Gasteiger charge is 2.10. The highest BCUT2D eigenvalue weighted by molar-refractivity contribution is 5.40. The van der Waals surface area contributed by atoms with Crippen LogP contribution in [0, 0.1) is 26.6 Å². The third kappa shape index (κ3) is 1.56. The molecule has 0 radical (unpaired) electrons. The SMILES string of the molecule is Cc1cc(F)ccc1-n1[nH]c(C)c(C)c1=O. The van der Waals surface area contributed by atoms with Gasteiger partial charge in [-0.1, -0.05) is 0 Å². The molecule has 4 heteroatoms. The number of nitrogens with zero attached hydrogens (tertiary/aromatic N) is 1. The molecule has 3 nitrogen and oxygen atoms in total. The molecule has 0 saturated heterocycles. The molecule has 1 aromatic carbocycles. The molecule has 0 aliphatic rings. The van der Waals surface area contributed by atoms with Crippen LogP contribution in [-0.2, 0) is 0 Å². The van der Waals surface area contributed by atoms with Crippen LogP contribution < -0.4 is 5.56 Å². The summed E-state index contributed by atoms with van der Waals surface area (Å²) in [4.78, 5) is 11.9. The molecule has 0 unspecified atom stereocenters. The predicted molar refractivity (Wildman–Crippen MR) is 60.6 cm³/mol. The summed E-state index contributed by atoms with van der Waals surface area (Å²) in [5.74, 6) is -0.297. The summed E-state index contributed by atoms with van der Waals surface area (Å²) in [5, 5.41) is 2.97. The Kier molecular flexibility index (Phi) is 2.42. The van der Waals surface area contributed by atoms with Crippen LogP contribution in [0.3, 0.4) is 0 Å². The zero-order chi connectivity index (χ0) is 11.9. The molecular formula is C12H13FN2O. The van der Waals surface area contributed by atoms with Gasteiger partial charge in [0, 0.05) is 11.3 Å². The van der Waals surface area contributed by atoms with E-state index in [1.165, 1.54) is 16.8 Å². The number of benzene rings is 1. The first-order valence-electron chi connectivity index (χ1n) is 5.05. The number of nitrogens with one attached hydrogen (secondary N) is 1. The van der Waals surface area contributed by atoms with Crippen LogP contribution in [0.25, 0.3) is 5.69 Å². The maximum atomic E-state index is 13.0. The molecule has 1 heterocycles. The summed E-state index contributed by atoms with van der Waals surface area (Å²) in [6, 6.07) is 4.36. The van der Waals surface area contributed by atoms with Crippen molar-refractivity contribution in [3.63, 3.8) is 0 Å². The van der Waals surface area contributed by atoms with E-state index in [4.69, 9.17) is 0 Å². The van der Waals surface area contributed by atoms with E-state index >= 15 is 0 Å². The number of aryl methyl sites for hydroxylation is 2. The second-order valence-corrected chi connectivity index (χ2v) is 3.93. The topological polar surface area (TPSA) is 37.8 Å². The van der Waals surface area contributed by atoms with E-state index < -0.39 is 0 Å². The molecule has 0 atom stereocenters. The van der Waals surface area contributed by atoms with Gasteiger partial charge in [0.2, 0.25) is 0 Å². The van der Waals surface area contributed by atoms with Gasteiger partial charge >= 0.3 is 0 Å². The van der Waals surface area contributed by atoms with Gasteiger partial charge in [-0.2, -0.15) is 0 Å². The third-order valence-corrected chi connectivity index (χ3v) is 2.77.